The molecule has 5 heteroatoms. The molecule has 0 saturated heterocycles. The summed E-state index contributed by atoms with van der Waals surface area (Å²) in [5.41, 5.74) is 2.59. The van der Waals surface area contributed by atoms with E-state index in [1.54, 1.807) is 13.3 Å². The highest BCUT2D eigenvalue weighted by Crippen LogP contribution is 2.35. The molecule has 1 aromatic heterocycles. The van der Waals surface area contributed by atoms with Gasteiger partial charge in [0.25, 0.3) is 0 Å². The van der Waals surface area contributed by atoms with Crippen LogP contribution >= 0.6 is 0 Å². The summed E-state index contributed by atoms with van der Waals surface area (Å²) in [4.78, 5) is 12.7. The number of fused-ring (bicyclic) bond motifs is 1. The van der Waals surface area contributed by atoms with Gasteiger partial charge in [-0.3, -0.25) is 4.57 Å². The molecule has 0 aliphatic rings. The Labute approximate surface area is 152 Å². The summed E-state index contributed by atoms with van der Waals surface area (Å²) in [5, 5.41) is 10.6. The molecule has 0 saturated carbocycles. The summed E-state index contributed by atoms with van der Waals surface area (Å²) in [5.74, 6) is 0.724. The van der Waals surface area contributed by atoms with E-state index in [0.29, 0.717) is 5.52 Å². The Kier molecular flexibility index (Phi) is 4.74. The van der Waals surface area contributed by atoms with Gasteiger partial charge in [-0.15, -0.1) is 0 Å². The predicted molar refractivity (Wildman–Crippen MR) is 101 cm³/mol. The number of hydrogen-bond acceptors (Lipinski definition) is 4. The second-order valence-electron chi connectivity index (χ2n) is 7.09. The van der Waals surface area contributed by atoms with Crippen LogP contribution in [0.25, 0.3) is 22.0 Å². The number of aliphatic hydroxyl groups is 1. The van der Waals surface area contributed by atoms with Gasteiger partial charge in [0.15, 0.2) is 0 Å². The summed E-state index contributed by atoms with van der Waals surface area (Å²) >= 11 is 0. The lowest BCUT2D eigenvalue weighted by Crippen LogP contribution is -2.26. The lowest BCUT2D eigenvalue weighted by atomic mass is 10.0. The van der Waals surface area contributed by atoms with Gasteiger partial charge in [0.1, 0.15) is 11.4 Å². The zero-order chi connectivity index (χ0) is 18.9. The van der Waals surface area contributed by atoms with Crippen LogP contribution in [0.15, 0.2) is 48.7 Å². The fraction of sp³-hybridized carbons (Fsp3) is 0.286. The van der Waals surface area contributed by atoms with Crippen molar-refractivity contribution >= 4 is 17.0 Å². The molecule has 136 valence electrons. The molecule has 0 fully saturated rings. The first-order chi connectivity index (χ1) is 12.3. The zero-order valence-electron chi connectivity index (χ0n) is 15.4. The zero-order valence-corrected chi connectivity index (χ0v) is 15.4. The molecular weight excluding hydrogens is 330 g/mol. The number of nitrogens with zero attached hydrogens (tertiary/aromatic N) is 1. The highest BCUT2D eigenvalue weighted by atomic mass is 16.6. The van der Waals surface area contributed by atoms with E-state index in [4.69, 9.17) is 9.47 Å². The van der Waals surface area contributed by atoms with Gasteiger partial charge < -0.3 is 14.6 Å². The number of hydrogen-bond donors (Lipinski definition) is 1. The van der Waals surface area contributed by atoms with E-state index in [9.17, 15) is 9.90 Å². The van der Waals surface area contributed by atoms with Gasteiger partial charge >= 0.3 is 6.09 Å². The summed E-state index contributed by atoms with van der Waals surface area (Å²) < 4.78 is 12.3. The van der Waals surface area contributed by atoms with Crippen LogP contribution in [0.1, 0.15) is 26.3 Å². The van der Waals surface area contributed by atoms with Crippen LogP contribution in [-0.2, 0) is 11.3 Å². The fourth-order valence-electron chi connectivity index (χ4n) is 2.96. The second-order valence-corrected chi connectivity index (χ2v) is 7.09. The molecule has 0 aliphatic heterocycles. The summed E-state index contributed by atoms with van der Waals surface area (Å²) in [6, 6.07) is 13.1. The Balaban J connectivity index is 2.24. The van der Waals surface area contributed by atoms with Gasteiger partial charge in [0.2, 0.25) is 0 Å². The number of methoxy groups -OCH3 is 1. The number of carbonyl (C=O) groups is 1. The topological polar surface area (TPSA) is 60.7 Å². The number of aromatic nitrogens is 1. The summed E-state index contributed by atoms with van der Waals surface area (Å²) in [6.07, 6.45) is 1.30. The molecule has 2 aromatic carbocycles. The highest BCUT2D eigenvalue weighted by molar-refractivity contribution is 6.02. The van der Waals surface area contributed by atoms with Crippen molar-refractivity contribution < 1.29 is 19.4 Å². The highest BCUT2D eigenvalue weighted by Gasteiger charge is 2.22. The van der Waals surface area contributed by atoms with Gasteiger partial charge in [-0.05, 0) is 50.1 Å². The molecule has 26 heavy (non-hydrogen) atoms. The predicted octanol–water partition coefficient (Wildman–Crippen LogP) is 4.59. The third kappa shape index (κ3) is 3.44. The maximum Gasteiger partial charge on any atom is 0.419 e. The Morgan fingerprint density at radius 2 is 1.88 bits per heavy atom. The smallest absolute Gasteiger partial charge is 0.419 e. The minimum absolute atomic E-state index is 0.118. The molecule has 0 amide bonds. The number of carbonyl (C=O) groups excluding carboxylic acids is 1. The minimum atomic E-state index is -0.599. The van der Waals surface area contributed by atoms with Crippen molar-refractivity contribution in [2.75, 3.05) is 7.11 Å². The maximum absolute atomic E-state index is 12.7. The van der Waals surface area contributed by atoms with Gasteiger partial charge in [0.05, 0.1) is 19.2 Å². The van der Waals surface area contributed by atoms with Gasteiger partial charge in [-0.2, -0.15) is 0 Å². The molecule has 0 radical (unpaired) electrons. The molecule has 1 N–H and O–H groups in total. The average Bonchev–Trinajstić information content (AvgIpc) is 3.00. The van der Waals surface area contributed by atoms with E-state index < -0.39 is 11.7 Å². The fourth-order valence-corrected chi connectivity index (χ4v) is 2.96. The molecule has 3 rings (SSSR count). The Bertz CT molecular complexity index is 950. The molecule has 0 unspecified atom stereocenters. The van der Waals surface area contributed by atoms with Crippen LogP contribution in [-0.4, -0.2) is 28.5 Å². The standard InChI is InChI=1S/C21H23NO4/c1-21(2,3)26-20(24)22-12-17(14-7-5-9-16(11-14)25-4)19-15(13-23)8-6-10-18(19)22/h5-12,23H,13H2,1-4H3. The number of benzene rings is 2. The van der Waals surface area contributed by atoms with E-state index in [-0.39, 0.29) is 6.61 Å². The number of aliphatic hydroxyl groups excluding tert-OH is 1. The molecule has 0 spiro atoms. The van der Waals surface area contributed by atoms with Crippen molar-refractivity contribution in [1.29, 1.82) is 0 Å². The third-order valence-corrected chi connectivity index (χ3v) is 4.06. The molecule has 1 heterocycles. The lowest BCUT2D eigenvalue weighted by Gasteiger charge is -2.19. The monoisotopic (exact) mass is 353 g/mol. The average molecular weight is 353 g/mol. The lowest BCUT2D eigenvalue weighted by molar-refractivity contribution is 0.0544. The van der Waals surface area contributed by atoms with Crippen LogP contribution in [0.5, 0.6) is 5.75 Å². The first kappa shape index (κ1) is 18.0. The Morgan fingerprint density at radius 1 is 1.15 bits per heavy atom. The van der Waals surface area contributed by atoms with Crippen LogP contribution in [0.3, 0.4) is 0 Å². The van der Waals surface area contributed by atoms with E-state index in [2.05, 4.69) is 0 Å². The molecular formula is C21H23NO4. The van der Waals surface area contributed by atoms with Crippen molar-refractivity contribution in [2.45, 2.75) is 33.0 Å². The third-order valence-electron chi connectivity index (χ3n) is 4.06. The summed E-state index contributed by atoms with van der Waals surface area (Å²) in [7, 11) is 1.61. The molecule has 0 bridgehead atoms. The van der Waals surface area contributed by atoms with E-state index in [1.807, 2.05) is 63.2 Å². The second kappa shape index (κ2) is 6.84. The van der Waals surface area contributed by atoms with Gasteiger partial charge in [0, 0.05) is 17.1 Å². The normalized spacial score (nSPS) is 11.6. The first-order valence-corrected chi connectivity index (χ1v) is 8.45. The SMILES string of the molecule is COc1cccc(-c2cn(C(=O)OC(C)(C)C)c3cccc(CO)c23)c1. The van der Waals surface area contributed by atoms with Crippen molar-refractivity contribution in [1.82, 2.24) is 4.57 Å². The van der Waals surface area contributed by atoms with E-state index in [0.717, 1.165) is 27.8 Å². The van der Waals surface area contributed by atoms with E-state index >= 15 is 0 Å². The Hall–Kier alpha value is -2.79. The quantitative estimate of drug-likeness (QED) is 0.748. The summed E-state index contributed by atoms with van der Waals surface area (Å²) in [6.45, 7) is 5.38. The maximum atomic E-state index is 12.7. The van der Waals surface area contributed by atoms with Crippen molar-refractivity contribution in [3.8, 4) is 16.9 Å². The molecule has 3 aromatic rings. The van der Waals surface area contributed by atoms with Gasteiger partial charge in [-0.25, -0.2) is 4.79 Å². The van der Waals surface area contributed by atoms with Crippen LogP contribution in [0.4, 0.5) is 4.79 Å². The minimum Gasteiger partial charge on any atom is -0.497 e. The van der Waals surface area contributed by atoms with Crippen molar-refractivity contribution in [3.05, 3.63) is 54.2 Å². The van der Waals surface area contributed by atoms with Crippen molar-refractivity contribution in [3.63, 3.8) is 0 Å². The Morgan fingerprint density at radius 3 is 2.54 bits per heavy atom. The van der Waals surface area contributed by atoms with E-state index in [1.165, 1.54) is 4.57 Å². The van der Waals surface area contributed by atoms with Crippen molar-refractivity contribution in [2.24, 2.45) is 0 Å². The van der Waals surface area contributed by atoms with Crippen LogP contribution in [0.2, 0.25) is 0 Å². The molecule has 0 aliphatic carbocycles. The number of ether oxygens (including phenoxy) is 2. The largest absolute Gasteiger partial charge is 0.497 e. The van der Waals surface area contributed by atoms with Crippen LogP contribution in [0, 0.1) is 0 Å². The molecule has 0 atom stereocenters. The first-order valence-electron chi connectivity index (χ1n) is 8.45. The number of rotatable bonds is 3. The van der Waals surface area contributed by atoms with Gasteiger partial charge in [-0.1, -0.05) is 24.3 Å². The molecule has 5 nitrogen and oxygen atoms in total. The van der Waals surface area contributed by atoms with Crippen LogP contribution < -0.4 is 4.74 Å².